The van der Waals surface area contributed by atoms with Crippen LogP contribution in [0.2, 0.25) is 0 Å². The number of anilines is 3. The molecule has 1 aromatic heterocycles. The van der Waals surface area contributed by atoms with Gasteiger partial charge in [-0.15, -0.1) is 0 Å². The van der Waals surface area contributed by atoms with E-state index in [0.29, 0.717) is 0 Å². The van der Waals surface area contributed by atoms with Crippen molar-refractivity contribution in [1.82, 2.24) is 9.97 Å². The second-order valence-corrected chi connectivity index (χ2v) is 5.05. The maximum atomic E-state index is 4.64. The number of para-hydroxylation sites is 1. The van der Waals surface area contributed by atoms with Crippen LogP contribution < -0.4 is 10.2 Å². The van der Waals surface area contributed by atoms with E-state index in [-0.39, 0.29) is 0 Å². The maximum absolute atomic E-state index is 4.64. The van der Waals surface area contributed by atoms with Gasteiger partial charge in [-0.2, -0.15) is 4.98 Å². The number of nitrogens with one attached hydrogen (secondary N) is 1. The molecule has 0 amide bonds. The molecule has 0 radical (unpaired) electrons. The minimum absolute atomic E-state index is 0.790. The van der Waals surface area contributed by atoms with E-state index in [0.717, 1.165) is 44.1 Å². The van der Waals surface area contributed by atoms with E-state index in [9.17, 15) is 0 Å². The van der Waals surface area contributed by atoms with Gasteiger partial charge in [-0.1, -0.05) is 25.1 Å². The number of hydrogen-bond acceptors (Lipinski definition) is 4. The zero-order valence-electron chi connectivity index (χ0n) is 11.8. The van der Waals surface area contributed by atoms with Gasteiger partial charge in [-0.3, -0.25) is 0 Å². The lowest BCUT2D eigenvalue weighted by molar-refractivity contribution is 0.750. The molecule has 104 valence electrons. The fourth-order valence-electron chi connectivity index (χ4n) is 2.57. The molecule has 1 aliphatic heterocycles. The van der Waals surface area contributed by atoms with E-state index < -0.39 is 0 Å². The molecule has 4 nitrogen and oxygen atoms in total. The van der Waals surface area contributed by atoms with Crippen LogP contribution in [0.4, 0.5) is 17.5 Å². The van der Waals surface area contributed by atoms with Crippen LogP contribution in [0.15, 0.2) is 36.5 Å². The molecule has 20 heavy (non-hydrogen) atoms. The SMILES string of the molecule is CCCNc1ccnc(N2CCCc3ccccc32)n1. The van der Waals surface area contributed by atoms with Gasteiger partial charge in [0, 0.05) is 25.0 Å². The summed E-state index contributed by atoms with van der Waals surface area (Å²) in [5, 5.41) is 3.32. The summed E-state index contributed by atoms with van der Waals surface area (Å²) in [6.07, 6.45) is 5.21. The van der Waals surface area contributed by atoms with Crippen molar-refractivity contribution in [3.63, 3.8) is 0 Å². The third kappa shape index (κ3) is 2.59. The second-order valence-electron chi connectivity index (χ2n) is 5.05. The van der Waals surface area contributed by atoms with E-state index in [1.165, 1.54) is 11.3 Å². The van der Waals surface area contributed by atoms with Crippen molar-refractivity contribution in [3.05, 3.63) is 42.1 Å². The Morgan fingerprint density at radius 3 is 3.05 bits per heavy atom. The van der Waals surface area contributed by atoms with E-state index in [1.807, 2.05) is 12.3 Å². The second kappa shape index (κ2) is 5.90. The molecular weight excluding hydrogens is 248 g/mol. The normalized spacial score (nSPS) is 13.9. The molecule has 1 aromatic carbocycles. The number of aryl methyl sites for hydroxylation is 1. The van der Waals surface area contributed by atoms with Crippen LogP contribution in [0.5, 0.6) is 0 Å². The third-order valence-corrected chi connectivity index (χ3v) is 3.55. The van der Waals surface area contributed by atoms with Crippen LogP contribution in [0, 0.1) is 0 Å². The van der Waals surface area contributed by atoms with Gasteiger partial charge in [0.1, 0.15) is 5.82 Å². The summed E-state index contributed by atoms with van der Waals surface area (Å²) in [6, 6.07) is 10.5. The molecule has 4 heteroatoms. The average Bonchev–Trinajstić information content (AvgIpc) is 2.52. The summed E-state index contributed by atoms with van der Waals surface area (Å²) in [6.45, 7) is 4.07. The first-order valence-electron chi connectivity index (χ1n) is 7.31. The summed E-state index contributed by atoms with van der Waals surface area (Å²) in [7, 11) is 0. The number of nitrogens with zero attached hydrogens (tertiary/aromatic N) is 3. The van der Waals surface area contributed by atoms with Gasteiger partial charge in [-0.05, 0) is 37.0 Å². The van der Waals surface area contributed by atoms with Crippen molar-refractivity contribution in [2.24, 2.45) is 0 Å². The molecule has 0 saturated heterocycles. The Morgan fingerprint density at radius 1 is 1.25 bits per heavy atom. The first-order chi connectivity index (χ1) is 9.88. The van der Waals surface area contributed by atoms with Gasteiger partial charge in [0.05, 0.1) is 0 Å². The average molecular weight is 268 g/mol. The van der Waals surface area contributed by atoms with E-state index in [1.54, 1.807) is 0 Å². The predicted molar refractivity (Wildman–Crippen MR) is 82.6 cm³/mol. The highest BCUT2D eigenvalue weighted by Crippen LogP contribution is 2.31. The summed E-state index contributed by atoms with van der Waals surface area (Å²) >= 11 is 0. The van der Waals surface area contributed by atoms with Gasteiger partial charge in [0.25, 0.3) is 0 Å². The third-order valence-electron chi connectivity index (χ3n) is 3.55. The highest BCUT2D eigenvalue weighted by Gasteiger charge is 2.19. The molecule has 0 saturated carbocycles. The van der Waals surface area contributed by atoms with Crippen LogP contribution in [0.1, 0.15) is 25.3 Å². The first-order valence-corrected chi connectivity index (χ1v) is 7.31. The summed E-state index contributed by atoms with van der Waals surface area (Å²) < 4.78 is 0. The monoisotopic (exact) mass is 268 g/mol. The summed E-state index contributed by atoms with van der Waals surface area (Å²) in [5.74, 6) is 1.69. The molecule has 1 N–H and O–H groups in total. The molecule has 0 atom stereocenters. The molecule has 0 unspecified atom stereocenters. The Bertz CT molecular complexity index is 582. The van der Waals surface area contributed by atoms with Crippen molar-refractivity contribution in [3.8, 4) is 0 Å². The summed E-state index contributed by atoms with van der Waals surface area (Å²) in [5.41, 5.74) is 2.63. The Labute approximate surface area is 119 Å². The fourth-order valence-corrected chi connectivity index (χ4v) is 2.57. The van der Waals surface area contributed by atoms with Crippen molar-refractivity contribution in [1.29, 1.82) is 0 Å². The molecule has 2 aromatic rings. The van der Waals surface area contributed by atoms with E-state index in [4.69, 9.17) is 0 Å². The van der Waals surface area contributed by atoms with Gasteiger partial charge < -0.3 is 10.2 Å². The van der Waals surface area contributed by atoms with Gasteiger partial charge in [-0.25, -0.2) is 4.98 Å². The summed E-state index contributed by atoms with van der Waals surface area (Å²) in [4.78, 5) is 11.3. The molecule has 0 aliphatic carbocycles. The number of benzene rings is 1. The molecule has 3 rings (SSSR count). The van der Waals surface area contributed by atoms with Gasteiger partial charge >= 0.3 is 0 Å². The standard InChI is InChI=1S/C16H20N4/c1-2-10-17-15-9-11-18-16(19-15)20-12-5-7-13-6-3-4-8-14(13)20/h3-4,6,8-9,11H,2,5,7,10,12H2,1H3,(H,17,18,19). The van der Waals surface area contributed by atoms with Crippen LogP contribution >= 0.6 is 0 Å². The van der Waals surface area contributed by atoms with Crippen molar-refractivity contribution >= 4 is 17.5 Å². The largest absolute Gasteiger partial charge is 0.370 e. The first kappa shape index (κ1) is 12.9. The van der Waals surface area contributed by atoms with Crippen LogP contribution in [0.25, 0.3) is 0 Å². The van der Waals surface area contributed by atoms with E-state index in [2.05, 4.69) is 51.4 Å². The number of rotatable bonds is 4. The smallest absolute Gasteiger partial charge is 0.231 e. The zero-order chi connectivity index (χ0) is 13.8. The Kier molecular flexibility index (Phi) is 3.81. The maximum Gasteiger partial charge on any atom is 0.231 e. The van der Waals surface area contributed by atoms with Crippen LogP contribution in [0.3, 0.4) is 0 Å². The predicted octanol–water partition coefficient (Wildman–Crippen LogP) is 3.38. The number of hydrogen-bond donors (Lipinski definition) is 1. The van der Waals surface area contributed by atoms with Crippen LogP contribution in [-0.4, -0.2) is 23.1 Å². The molecular formula is C16H20N4. The quantitative estimate of drug-likeness (QED) is 0.923. The zero-order valence-corrected chi connectivity index (χ0v) is 11.8. The molecule has 1 aliphatic rings. The highest BCUT2D eigenvalue weighted by molar-refractivity contribution is 5.64. The molecule has 0 bridgehead atoms. The molecule has 2 heterocycles. The minimum atomic E-state index is 0.790. The fraction of sp³-hybridized carbons (Fsp3) is 0.375. The van der Waals surface area contributed by atoms with E-state index >= 15 is 0 Å². The topological polar surface area (TPSA) is 41.1 Å². The number of aromatic nitrogens is 2. The lowest BCUT2D eigenvalue weighted by atomic mass is 10.0. The van der Waals surface area contributed by atoms with Crippen LogP contribution in [-0.2, 0) is 6.42 Å². The lowest BCUT2D eigenvalue weighted by Crippen LogP contribution is -2.26. The van der Waals surface area contributed by atoms with Crippen molar-refractivity contribution in [2.45, 2.75) is 26.2 Å². The highest BCUT2D eigenvalue weighted by atomic mass is 15.3. The Morgan fingerprint density at radius 2 is 2.15 bits per heavy atom. The Balaban J connectivity index is 1.90. The molecule has 0 spiro atoms. The lowest BCUT2D eigenvalue weighted by Gasteiger charge is -2.29. The Hall–Kier alpha value is -2.10. The minimum Gasteiger partial charge on any atom is -0.370 e. The van der Waals surface area contributed by atoms with Gasteiger partial charge in [0.15, 0.2) is 0 Å². The number of fused-ring (bicyclic) bond motifs is 1. The van der Waals surface area contributed by atoms with Crippen molar-refractivity contribution in [2.75, 3.05) is 23.3 Å². The molecule has 0 fully saturated rings. The van der Waals surface area contributed by atoms with Crippen molar-refractivity contribution < 1.29 is 0 Å². The van der Waals surface area contributed by atoms with Gasteiger partial charge in [0.2, 0.25) is 5.95 Å².